The number of aliphatic imine (C=N–C) groups is 1. The lowest BCUT2D eigenvalue weighted by atomic mass is 10.2. The maximum atomic E-state index is 5.16. The highest BCUT2D eigenvalue weighted by Crippen LogP contribution is 2.20. The molecule has 0 spiro atoms. The monoisotopic (exact) mass is 478 g/mol. The Labute approximate surface area is 173 Å². The molecule has 25 heavy (non-hydrogen) atoms. The number of nitrogens with zero attached hydrogens (tertiary/aromatic N) is 2. The predicted molar refractivity (Wildman–Crippen MR) is 121 cm³/mol. The Morgan fingerprint density at radius 2 is 1.96 bits per heavy atom. The molecule has 1 aliphatic heterocycles. The summed E-state index contributed by atoms with van der Waals surface area (Å²) >= 11 is 2.04. The van der Waals surface area contributed by atoms with Gasteiger partial charge in [-0.2, -0.15) is 11.8 Å². The van der Waals surface area contributed by atoms with Crippen molar-refractivity contribution in [3.8, 4) is 0 Å². The van der Waals surface area contributed by atoms with Gasteiger partial charge in [0.1, 0.15) is 0 Å². The van der Waals surface area contributed by atoms with Crippen LogP contribution in [0.1, 0.15) is 19.4 Å². The van der Waals surface area contributed by atoms with Gasteiger partial charge < -0.3 is 20.3 Å². The summed E-state index contributed by atoms with van der Waals surface area (Å²) in [6.45, 7) is 8.63. The Bertz CT molecular complexity index is 506. The number of hydrogen-bond acceptors (Lipinski definition) is 4. The maximum absolute atomic E-state index is 5.16. The summed E-state index contributed by atoms with van der Waals surface area (Å²) in [6, 6.07) is 9.03. The lowest BCUT2D eigenvalue weighted by molar-refractivity contribution is 0.179. The molecule has 0 saturated carbocycles. The molecule has 0 bridgehead atoms. The number of anilines is 1. The van der Waals surface area contributed by atoms with Crippen molar-refractivity contribution < 1.29 is 4.74 Å². The summed E-state index contributed by atoms with van der Waals surface area (Å²) in [5, 5.41) is 6.63. The Balaban J connectivity index is 0.00000312. The summed E-state index contributed by atoms with van der Waals surface area (Å²) < 4.78 is 5.16. The molecule has 1 fully saturated rings. The second-order valence-corrected chi connectivity index (χ2v) is 7.19. The molecule has 1 unspecified atom stereocenters. The largest absolute Gasteiger partial charge is 0.383 e. The van der Waals surface area contributed by atoms with Gasteiger partial charge in [0.25, 0.3) is 0 Å². The number of guanidine groups is 1. The predicted octanol–water partition coefficient (Wildman–Crippen LogP) is 2.95. The van der Waals surface area contributed by atoms with Crippen LogP contribution in [0, 0.1) is 0 Å². The van der Waals surface area contributed by atoms with Crippen molar-refractivity contribution in [3.05, 3.63) is 29.8 Å². The minimum Gasteiger partial charge on any atom is -0.383 e. The summed E-state index contributed by atoms with van der Waals surface area (Å²) in [4.78, 5) is 7.13. The molecule has 0 aromatic heterocycles. The third-order valence-corrected chi connectivity index (χ3v) is 4.82. The molecular formula is C18H31IN4OS. The lowest BCUT2D eigenvalue weighted by Gasteiger charge is -2.28. The van der Waals surface area contributed by atoms with Crippen LogP contribution >= 0.6 is 35.7 Å². The van der Waals surface area contributed by atoms with E-state index in [1.54, 1.807) is 7.11 Å². The smallest absolute Gasteiger partial charge is 0.191 e. The van der Waals surface area contributed by atoms with Crippen molar-refractivity contribution in [1.82, 2.24) is 10.6 Å². The molecule has 5 nitrogen and oxygen atoms in total. The highest BCUT2D eigenvalue weighted by molar-refractivity contribution is 14.0. The summed E-state index contributed by atoms with van der Waals surface area (Å²) in [6.07, 6.45) is 0. The second kappa shape index (κ2) is 12.6. The normalized spacial score (nSPS) is 16.1. The van der Waals surface area contributed by atoms with Crippen molar-refractivity contribution in [2.45, 2.75) is 26.4 Å². The van der Waals surface area contributed by atoms with Crippen LogP contribution in [0.15, 0.2) is 29.3 Å². The Morgan fingerprint density at radius 3 is 2.56 bits per heavy atom. The Kier molecular flexibility index (Phi) is 11.3. The average Bonchev–Trinajstić information content (AvgIpc) is 2.61. The van der Waals surface area contributed by atoms with Gasteiger partial charge in [-0.05, 0) is 31.5 Å². The van der Waals surface area contributed by atoms with Crippen molar-refractivity contribution in [1.29, 1.82) is 0 Å². The molecule has 142 valence electrons. The van der Waals surface area contributed by atoms with Gasteiger partial charge in [0.15, 0.2) is 5.96 Å². The van der Waals surface area contributed by atoms with Gasteiger partial charge in [0.05, 0.1) is 13.2 Å². The lowest BCUT2D eigenvalue weighted by Crippen LogP contribution is -2.43. The standard InChI is InChI=1S/C18H30N4OS.HI/c1-4-19-18(21-15(2)14-23-3)20-13-16-5-7-17(8-6-16)22-9-11-24-12-10-22;/h5-8,15H,4,9-14H2,1-3H3,(H2,19,20,21);1H. The topological polar surface area (TPSA) is 48.9 Å². The van der Waals surface area contributed by atoms with Crippen molar-refractivity contribution >= 4 is 47.4 Å². The first kappa shape index (κ1) is 22.4. The molecule has 1 aromatic rings. The first-order valence-electron chi connectivity index (χ1n) is 8.68. The molecule has 0 amide bonds. The summed E-state index contributed by atoms with van der Waals surface area (Å²) in [5.41, 5.74) is 2.54. The number of benzene rings is 1. The number of thioether (sulfide) groups is 1. The van der Waals surface area contributed by atoms with Gasteiger partial charge in [-0.3, -0.25) is 0 Å². The molecule has 2 rings (SSSR count). The highest BCUT2D eigenvalue weighted by atomic mass is 127. The van der Waals surface area contributed by atoms with Crippen molar-refractivity contribution in [3.63, 3.8) is 0 Å². The minimum atomic E-state index is 0. The van der Waals surface area contributed by atoms with Crippen LogP contribution in [0.2, 0.25) is 0 Å². The van der Waals surface area contributed by atoms with Gasteiger partial charge in [-0.15, -0.1) is 24.0 Å². The van der Waals surface area contributed by atoms with E-state index in [9.17, 15) is 0 Å². The van der Waals surface area contributed by atoms with Crippen molar-refractivity contribution in [2.24, 2.45) is 4.99 Å². The van der Waals surface area contributed by atoms with E-state index >= 15 is 0 Å². The number of halogens is 1. The zero-order valence-corrected chi connectivity index (χ0v) is 18.6. The van der Waals surface area contributed by atoms with E-state index in [2.05, 4.69) is 58.6 Å². The SMILES string of the molecule is CCNC(=NCc1ccc(N2CCSCC2)cc1)NC(C)COC.I. The number of nitrogens with one attached hydrogen (secondary N) is 2. The molecular weight excluding hydrogens is 447 g/mol. The van der Waals surface area contributed by atoms with E-state index in [-0.39, 0.29) is 30.0 Å². The van der Waals surface area contributed by atoms with Crippen molar-refractivity contribution in [2.75, 3.05) is 49.8 Å². The molecule has 2 N–H and O–H groups in total. The maximum Gasteiger partial charge on any atom is 0.191 e. The molecule has 0 radical (unpaired) electrons. The van der Waals surface area contributed by atoms with E-state index in [1.165, 1.54) is 22.8 Å². The second-order valence-electron chi connectivity index (χ2n) is 5.96. The van der Waals surface area contributed by atoms with E-state index < -0.39 is 0 Å². The number of hydrogen-bond donors (Lipinski definition) is 2. The summed E-state index contributed by atoms with van der Waals surface area (Å²) in [7, 11) is 1.71. The molecule has 1 saturated heterocycles. The van der Waals surface area contributed by atoms with Gasteiger partial charge in [0, 0.05) is 50.0 Å². The van der Waals surface area contributed by atoms with E-state index in [0.717, 1.165) is 25.6 Å². The van der Waals surface area contributed by atoms with Crippen LogP contribution in [0.25, 0.3) is 0 Å². The van der Waals surface area contributed by atoms with Crippen LogP contribution in [0.4, 0.5) is 5.69 Å². The molecule has 1 atom stereocenters. The average molecular weight is 478 g/mol. The van der Waals surface area contributed by atoms with Crippen LogP contribution in [0.5, 0.6) is 0 Å². The zero-order valence-electron chi connectivity index (χ0n) is 15.5. The quantitative estimate of drug-likeness (QED) is 0.359. The fraction of sp³-hybridized carbons (Fsp3) is 0.611. The van der Waals surface area contributed by atoms with Crippen LogP contribution in [0.3, 0.4) is 0 Å². The Hall–Kier alpha value is -0.670. The number of ether oxygens (including phenoxy) is 1. The molecule has 1 heterocycles. The van der Waals surface area contributed by atoms with E-state index in [4.69, 9.17) is 4.74 Å². The van der Waals surface area contributed by atoms with Crippen LogP contribution in [-0.2, 0) is 11.3 Å². The molecule has 1 aromatic carbocycles. The zero-order chi connectivity index (χ0) is 17.2. The third kappa shape index (κ3) is 8.04. The van der Waals surface area contributed by atoms with Gasteiger partial charge >= 0.3 is 0 Å². The molecule has 0 aliphatic carbocycles. The van der Waals surface area contributed by atoms with Crippen LogP contribution in [-0.4, -0.2) is 56.9 Å². The first-order valence-corrected chi connectivity index (χ1v) is 9.83. The van der Waals surface area contributed by atoms with Gasteiger partial charge in [0.2, 0.25) is 0 Å². The molecule has 7 heteroatoms. The minimum absolute atomic E-state index is 0. The summed E-state index contributed by atoms with van der Waals surface area (Å²) in [5.74, 6) is 3.28. The third-order valence-electron chi connectivity index (χ3n) is 3.88. The van der Waals surface area contributed by atoms with E-state index in [0.29, 0.717) is 13.2 Å². The Morgan fingerprint density at radius 1 is 1.28 bits per heavy atom. The van der Waals surface area contributed by atoms with E-state index in [1.807, 2.05) is 11.8 Å². The number of methoxy groups -OCH3 is 1. The first-order chi connectivity index (χ1) is 11.7. The van der Waals surface area contributed by atoms with Crippen LogP contribution < -0.4 is 15.5 Å². The van der Waals surface area contributed by atoms with Gasteiger partial charge in [-0.1, -0.05) is 12.1 Å². The number of rotatable bonds is 7. The fourth-order valence-corrected chi connectivity index (χ4v) is 3.55. The highest BCUT2D eigenvalue weighted by Gasteiger charge is 2.10. The fourth-order valence-electron chi connectivity index (χ4n) is 2.65. The molecule has 1 aliphatic rings. The van der Waals surface area contributed by atoms with Gasteiger partial charge in [-0.25, -0.2) is 4.99 Å².